The Kier molecular flexibility index (Phi) is 2.88. The van der Waals surface area contributed by atoms with Crippen LogP contribution in [-0.2, 0) is 9.84 Å². The van der Waals surface area contributed by atoms with Gasteiger partial charge in [-0.25, -0.2) is 8.42 Å². The molecule has 1 saturated carbocycles. The number of aliphatic hydroxyl groups is 2. The highest BCUT2D eigenvalue weighted by Crippen LogP contribution is 2.59. The van der Waals surface area contributed by atoms with Gasteiger partial charge in [0.1, 0.15) is 9.84 Å². The van der Waals surface area contributed by atoms with Crippen molar-refractivity contribution in [3.05, 3.63) is 0 Å². The third-order valence-electron chi connectivity index (χ3n) is 4.62. The maximum atomic E-state index is 11.5. The van der Waals surface area contributed by atoms with Crippen LogP contribution >= 0.6 is 0 Å². The lowest BCUT2D eigenvalue weighted by Crippen LogP contribution is -2.63. The summed E-state index contributed by atoms with van der Waals surface area (Å²) in [4.78, 5) is 0. The van der Waals surface area contributed by atoms with Crippen molar-refractivity contribution in [3.63, 3.8) is 0 Å². The molecule has 1 aliphatic carbocycles. The van der Waals surface area contributed by atoms with E-state index in [1.54, 1.807) is 0 Å². The minimum absolute atomic E-state index is 0.0936. The zero-order valence-corrected chi connectivity index (χ0v) is 11.4. The largest absolute Gasteiger partial charge is 0.396 e. The second kappa shape index (κ2) is 3.68. The normalized spacial score (nSPS) is 32.7. The first-order valence-electron chi connectivity index (χ1n) is 6.18. The molecule has 2 rings (SSSR count). The summed E-state index contributed by atoms with van der Waals surface area (Å²) in [6, 6.07) is 0. The monoisotopic (exact) mass is 262 g/mol. The molecule has 1 aliphatic heterocycles. The Morgan fingerprint density at radius 3 is 1.94 bits per heavy atom. The molecular weight excluding hydrogens is 240 g/mol. The van der Waals surface area contributed by atoms with Gasteiger partial charge in [-0.05, 0) is 31.1 Å². The van der Waals surface area contributed by atoms with E-state index in [-0.39, 0.29) is 23.5 Å². The molecule has 0 atom stereocenters. The fraction of sp³-hybridized carbons (Fsp3) is 1.00. The van der Waals surface area contributed by atoms with Crippen molar-refractivity contribution in [2.45, 2.75) is 45.1 Å². The van der Waals surface area contributed by atoms with Crippen LogP contribution in [0, 0.1) is 10.8 Å². The van der Waals surface area contributed by atoms with Crippen molar-refractivity contribution < 1.29 is 18.6 Å². The van der Waals surface area contributed by atoms with Crippen LogP contribution in [0.4, 0.5) is 0 Å². The van der Waals surface area contributed by atoms with E-state index in [0.717, 1.165) is 0 Å². The Morgan fingerprint density at radius 2 is 1.59 bits per heavy atom. The molecule has 2 aliphatic rings. The molecule has 100 valence electrons. The van der Waals surface area contributed by atoms with Crippen LogP contribution in [0.5, 0.6) is 0 Å². The first kappa shape index (κ1) is 13.3. The average Bonchev–Trinajstić information content (AvgIpc) is 2.15. The maximum Gasteiger partial charge on any atom is 0.150 e. The van der Waals surface area contributed by atoms with Crippen LogP contribution in [0.3, 0.4) is 0 Å². The van der Waals surface area contributed by atoms with Gasteiger partial charge in [0.15, 0.2) is 0 Å². The molecule has 0 aromatic heterocycles. The number of rotatable bonds is 2. The molecule has 2 fully saturated rings. The highest BCUT2D eigenvalue weighted by Gasteiger charge is 2.60. The minimum Gasteiger partial charge on any atom is -0.396 e. The molecule has 2 N–H and O–H groups in total. The molecule has 0 aromatic rings. The molecule has 0 spiro atoms. The van der Waals surface area contributed by atoms with Crippen molar-refractivity contribution in [2.75, 3.05) is 18.1 Å². The van der Waals surface area contributed by atoms with E-state index in [1.165, 1.54) is 0 Å². The number of hydrogen-bond donors (Lipinski definition) is 2. The van der Waals surface area contributed by atoms with Gasteiger partial charge < -0.3 is 10.2 Å². The van der Waals surface area contributed by atoms with Crippen molar-refractivity contribution in [1.29, 1.82) is 0 Å². The molecular formula is C12H22O4S. The highest BCUT2D eigenvalue weighted by atomic mass is 32.2. The van der Waals surface area contributed by atoms with E-state index in [4.69, 9.17) is 0 Å². The lowest BCUT2D eigenvalue weighted by Gasteiger charge is -2.60. The summed E-state index contributed by atoms with van der Waals surface area (Å²) < 4.78 is 22.9. The van der Waals surface area contributed by atoms with E-state index in [0.29, 0.717) is 25.7 Å². The first-order valence-corrected chi connectivity index (χ1v) is 8.00. The van der Waals surface area contributed by atoms with E-state index in [2.05, 4.69) is 13.8 Å². The summed E-state index contributed by atoms with van der Waals surface area (Å²) in [6.45, 7) is 4.06. The van der Waals surface area contributed by atoms with Gasteiger partial charge in [0.25, 0.3) is 0 Å². The Labute approximate surface area is 103 Å². The van der Waals surface area contributed by atoms with Crippen molar-refractivity contribution in [1.82, 2.24) is 0 Å². The Bertz CT molecular complexity index is 388. The van der Waals surface area contributed by atoms with E-state index >= 15 is 0 Å². The minimum atomic E-state index is -2.96. The number of aliphatic hydroxyl groups excluding tert-OH is 1. The molecule has 0 bridgehead atoms. The van der Waals surface area contributed by atoms with Crippen LogP contribution in [-0.4, -0.2) is 42.3 Å². The molecule has 0 amide bonds. The van der Waals surface area contributed by atoms with Crippen LogP contribution in [0.2, 0.25) is 0 Å². The van der Waals surface area contributed by atoms with Gasteiger partial charge in [0.05, 0.1) is 23.7 Å². The lowest BCUT2D eigenvalue weighted by molar-refractivity contribution is -0.210. The zero-order valence-electron chi connectivity index (χ0n) is 10.6. The van der Waals surface area contributed by atoms with Crippen LogP contribution < -0.4 is 0 Å². The van der Waals surface area contributed by atoms with Gasteiger partial charge in [-0.2, -0.15) is 0 Å². The summed E-state index contributed by atoms with van der Waals surface area (Å²) in [6.07, 6.45) is 2.08. The number of sulfone groups is 1. The van der Waals surface area contributed by atoms with Crippen molar-refractivity contribution in [2.24, 2.45) is 10.8 Å². The Hall–Kier alpha value is -0.130. The topological polar surface area (TPSA) is 74.6 Å². The average molecular weight is 262 g/mol. The predicted octanol–water partition coefficient (Wildman–Crippen LogP) is 0.725. The predicted molar refractivity (Wildman–Crippen MR) is 65.4 cm³/mol. The van der Waals surface area contributed by atoms with Crippen LogP contribution in [0.1, 0.15) is 39.5 Å². The molecule has 5 heteroatoms. The summed E-state index contributed by atoms with van der Waals surface area (Å²) in [7, 11) is -2.96. The Morgan fingerprint density at radius 1 is 1.12 bits per heavy atom. The van der Waals surface area contributed by atoms with Gasteiger partial charge in [-0.3, -0.25) is 0 Å². The van der Waals surface area contributed by atoms with Crippen molar-refractivity contribution >= 4 is 9.84 Å². The first-order chi connectivity index (χ1) is 7.64. The second-order valence-corrected chi connectivity index (χ2v) is 8.94. The molecule has 4 nitrogen and oxygen atoms in total. The molecule has 0 aromatic carbocycles. The highest BCUT2D eigenvalue weighted by molar-refractivity contribution is 7.91. The fourth-order valence-electron chi connectivity index (χ4n) is 3.61. The van der Waals surface area contributed by atoms with Gasteiger partial charge in [0.2, 0.25) is 0 Å². The maximum absolute atomic E-state index is 11.5. The van der Waals surface area contributed by atoms with Crippen molar-refractivity contribution in [3.8, 4) is 0 Å². The summed E-state index contributed by atoms with van der Waals surface area (Å²) in [5, 5.41) is 20.3. The number of hydrogen-bond acceptors (Lipinski definition) is 4. The van der Waals surface area contributed by atoms with Gasteiger partial charge in [-0.1, -0.05) is 13.8 Å². The molecule has 0 unspecified atom stereocenters. The van der Waals surface area contributed by atoms with E-state index in [9.17, 15) is 18.6 Å². The lowest BCUT2D eigenvalue weighted by atomic mass is 9.50. The summed E-state index contributed by atoms with van der Waals surface area (Å²) in [5.41, 5.74) is -1.37. The summed E-state index contributed by atoms with van der Waals surface area (Å²) in [5.74, 6) is 0.187. The summed E-state index contributed by atoms with van der Waals surface area (Å²) >= 11 is 0. The van der Waals surface area contributed by atoms with Gasteiger partial charge >= 0.3 is 0 Å². The zero-order chi connectivity index (χ0) is 12.9. The van der Waals surface area contributed by atoms with Crippen LogP contribution in [0.25, 0.3) is 0 Å². The molecule has 17 heavy (non-hydrogen) atoms. The van der Waals surface area contributed by atoms with Crippen LogP contribution in [0.15, 0.2) is 0 Å². The fourth-order valence-corrected chi connectivity index (χ4v) is 5.21. The molecule has 0 radical (unpaired) electrons. The van der Waals surface area contributed by atoms with E-state index in [1.807, 2.05) is 0 Å². The second-order valence-electron chi connectivity index (χ2n) is 6.64. The third kappa shape index (κ3) is 2.13. The SMILES string of the molecule is CC1(C)CC(O)(C2(CO)CCS(=O)(=O)CC2)C1. The van der Waals surface area contributed by atoms with Gasteiger partial charge in [-0.15, -0.1) is 0 Å². The third-order valence-corrected chi connectivity index (χ3v) is 6.27. The van der Waals surface area contributed by atoms with E-state index < -0.39 is 20.9 Å². The molecule has 1 heterocycles. The van der Waals surface area contributed by atoms with Gasteiger partial charge in [0, 0.05) is 5.41 Å². The smallest absolute Gasteiger partial charge is 0.150 e. The molecule has 1 saturated heterocycles. The standard InChI is InChI=1S/C12H22O4S/c1-10(2)7-12(14,8-10)11(9-13)3-5-17(15,16)6-4-11/h13-14H,3-9H2,1-2H3. The quantitative estimate of drug-likeness (QED) is 0.769. The Balaban J connectivity index is 2.18.